The van der Waals surface area contributed by atoms with Gasteiger partial charge in [0.15, 0.2) is 0 Å². The van der Waals surface area contributed by atoms with Crippen LogP contribution in [-0.2, 0) is 4.74 Å². The van der Waals surface area contributed by atoms with Crippen LogP contribution in [0.4, 0.5) is 17.2 Å². The molecule has 36 heavy (non-hydrogen) atoms. The molecule has 3 heterocycles. The van der Waals surface area contributed by atoms with Crippen LogP contribution in [0.2, 0.25) is 0 Å². The van der Waals surface area contributed by atoms with Gasteiger partial charge in [-0.05, 0) is 56.3 Å². The van der Waals surface area contributed by atoms with Crippen LogP contribution in [0.15, 0.2) is 66.9 Å². The number of hydrogen-bond donors (Lipinski definition) is 0. The zero-order chi connectivity index (χ0) is 24.7. The lowest BCUT2D eigenvalue weighted by Gasteiger charge is -2.36. The molecule has 188 valence electrons. The summed E-state index contributed by atoms with van der Waals surface area (Å²) in [4.78, 5) is 23.8. The van der Waals surface area contributed by atoms with Crippen LogP contribution in [0, 0.1) is 0 Å². The number of piperazine rings is 1. The Morgan fingerprint density at radius 1 is 0.889 bits per heavy atom. The molecule has 8 nitrogen and oxygen atoms in total. The summed E-state index contributed by atoms with van der Waals surface area (Å²) < 4.78 is 17.0. The third-order valence-electron chi connectivity index (χ3n) is 6.55. The summed E-state index contributed by atoms with van der Waals surface area (Å²) in [5.74, 6) is 2.05. The van der Waals surface area contributed by atoms with Gasteiger partial charge in [-0.3, -0.25) is 4.90 Å². The van der Waals surface area contributed by atoms with Crippen molar-refractivity contribution in [2.75, 3.05) is 62.5 Å². The predicted molar refractivity (Wildman–Crippen MR) is 139 cm³/mol. The SMILES string of the molecule is CCOC(=O)c1cccnc1N1CCN(CCCN2c3ccccc3OCOc3ccccc32)CC1. The fraction of sp³-hybridized carbons (Fsp3) is 0.357. The van der Waals surface area contributed by atoms with Gasteiger partial charge in [0.2, 0.25) is 6.79 Å². The largest absolute Gasteiger partial charge is 0.462 e. The maximum atomic E-state index is 12.4. The number of para-hydroxylation sites is 4. The van der Waals surface area contributed by atoms with E-state index in [1.54, 1.807) is 18.3 Å². The number of ether oxygens (including phenoxy) is 3. The van der Waals surface area contributed by atoms with Crippen LogP contribution in [0.5, 0.6) is 11.5 Å². The summed E-state index contributed by atoms with van der Waals surface area (Å²) in [6.07, 6.45) is 2.72. The molecule has 0 radical (unpaired) electrons. The summed E-state index contributed by atoms with van der Waals surface area (Å²) in [5, 5.41) is 0. The normalized spacial score (nSPS) is 15.6. The Morgan fingerprint density at radius 2 is 1.56 bits per heavy atom. The van der Waals surface area contributed by atoms with Crippen molar-refractivity contribution < 1.29 is 19.0 Å². The van der Waals surface area contributed by atoms with Crippen LogP contribution < -0.4 is 19.3 Å². The van der Waals surface area contributed by atoms with E-state index in [4.69, 9.17) is 14.2 Å². The van der Waals surface area contributed by atoms with Crippen LogP contribution in [0.3, 0.4) is 0 Å². The minimum Gasteiger partial charge on any atom is -0.462 e. The molecule has 2 aromatic carbocycles. The van der Waals surface area contributed by atoms with Crippen LogP contribution in [0.1, 0.15) is 23.7 Å². The topological polar surface area (TPSA) is 67.4 Å². The molecule has 0 aliphatic carbocycles. The molecule has 1 aromatic heterocycles. The molecular weight excluding hydrogens is 456 g/mol. The van der Waals surface area contributed by atoms with Gasteiger partial charge in [-0.2, -0.15) is 0 Å². The summed E-state index contributed by atoms with van der Waals surface area (Å²) in [6.45, 7) is 7.65. The second kappa shape index (κ2) is 11.3. The Bertz CT molecular complexity index is 1130. The fourth-order valence-electron chi connectivity index (χ4n) is 4.78. The van der Waals surface area contributed by atoms with Gasteiger partial charge in [-0.15, -0.1) is 0 Å². The van der Waals surface area contributed by atoms with Gasteiger partial charge in [0, 0.05) is 38.9 Å². The van der Waals surface area contributed by atoms with Crippen molar-refractivity contribution >= 4 is 23.2 Å². The predicted octanol–water partition coefficient (Wildman–Crippen LogP) is 4.34. The number of rotatable bonds is 7. The van der Waals surface area contributed by atoms with Crippen molar-refractivity contribution in [3.63, 3.8) is 0 Å². The molecule has 0 spiro atoms. The molecule has 0 bridgehead atoms. The van der Waals surface area contributed by atoms with Gasteiger partial charge in [0.05, 0.1) is 18.0 Å². The van der Waals surface area contributed by atoms with E-state index in [-0.39, 0.29) is 12.8 Å². The lowest BCUT2D eigenvalue weighted by atomic mass is 10.2. The van der Waals surface area contributed by atoms with Crippen molar-refractivity contribution in [3.8, 4) is 11.5 Å². The van der Waals surface area contributed by atoms with Gasteiger partial charge in [-0.1, -0.05) is 24.3 Å². The highest BCUT2D eigenvalue weighted by Gasteiger charge is 2.24. The number of carbonyl (C=O) groups excluding carboxylic acids is 1. The van der Waals surface area contributed by atoms with E-state index in [1.807, 2.05) is 43.3 Å². The molecule has 3 aromatic rings. The summed E-state index contributed by atoms with van der Waals surface area (Å²) >= 11 is 0. The summed E-state index contributed by atoms with van der Waals surface area (Å²) in [6, 6.07) is 19.8. The van der Waals surface area contributed by atoms with Crippen molar-refractivity contribution in [2.45, 2.75) is 13.3 Å². The van der Waals surface area contributed by atoms with Crippen LogP contribution in [-0.4, -0.2) is 68.5 Å². The molecule has 0 atom stereocenters. The van der Waals surface area contributed by atoms with Gasteiger partial charge >= 0.3 is 5.97 Å². The first-order valence-corrected chi connectivity index (χ1v) is 12.5. The third-order valence-corrected chi connectivity index (χ3v) is 6.55. The lowest BCUT2D eigenvalue weighted by molar-refractivity contribution is 0.0526. The Balaban J connectivity index is 1.21. The molecule has 1 fully saturated rings. The van der Waals surface area contributed by atoms with Gasteiger partial charge in [-0.25, -0.2) is 9.78 Å². The first kappa shape index (κ1) is 23.9. The Hall–Kier alpha value is -3.78. The van der Waals surface area contributed by atoms with E-state index in [0.29, 0.717) is 18.0 Å². The van der Waals surface area contributed by atoms with Crippen molar-refractivity contribution in [3.05, 3.63) is 72.4 Å². The average Bonchev–Trinajstić information content (AvgIpc) is 2.91. The standard InChI is InChI=1S/C28H32N4O4/c1-2-34-28(33)22-9-7-14-29-27(22)31-19-17-30(18-20-31)15-8-16-32-23-10-3-5-12-25(23)35-21-36-26-13-6-4-11-24(26)32/h3-7,9-14H,2,8,15-21H2,1H3. The number of pyridine rings is 1. The molecular formula is C28H32N4O4. The molecule has 0 amide bonds. The zero-order valence-corrected chi connectivity index (χ0v) is 20.6. The van der Waals surface area contributed by atoms with Crippen molar-refractivity contribution in [1.82, 2.24) is 9.88 Å². The number of carbonyl (C=O) groups is 1. The van der Waals surface area contributed by atoms with Gasteiger partial charge in [0.1, 0.15) is 22.9 Å². The molecule has 0 N–H and O–H groups in total. The number of esters is 1. The number of anilines is 3. The third kappa shape index (κ3) is 5.23. The highest BCUT2D eigenvalue weighted by molar-refractivity contribution is 5.94. The maximum absolute atomic E-state index is 12.4. The van der Waals surface area contributed by atoms with Crippen LogP contribution in [0.25, 0.3) is 0 Å². The first-order valence-electron chi connectivity index (χ1n) is 12.5. The number of fused-ring (bicyclic) bond motifs is 2. The molecule has 5 rings (SSSR count). The monoisotopic (exact) mass is 488 g/mol. The second-order valence-corrected chi connectivity index (χ2v) is 8.77. The van der Waals surface area contributed by atoms with Gasteiger partial charge < -0.3 is 24.0 Å². The number of benzene rings is 2. The Labute approximate surface area is 212 Å². The molecule has 1 saturated heterocycles. The molecule has 0 unspecified atom stereocenters. The summed E-state index contributed by atoms with van der Waals surface area (Å²) in [7, 11) is 0. The quantitative estimate of drug-likeness (QED) is 0.455. The van der Waals surface area contributed by atoms with Crippen molar-refractivity contribution in [2.24, 2.45) is 0 Å². The van der Waals surface area contributed by atoms with E-state index in [2.05, 4.69) is 31.8 Å². The number of nitrogens with zero attached hydrogens (tertiary/aromatic N) is 4. The molecule has 2 aliphatic heterocycles. The highest BCUT2D eigenvalue weighted by atomic mass is 16.7. The first-order chi connectivity index (χ1) is 17.7. The highest BCUT2D eigenvalue weighted by Crippen LogP contribution is 2.40. The number of hydrogen-bond acceptors (Lipinski definition) is 8. The minimum atomic E-state index is -0.315. The van der Waals surface area contributed by atoms with Crippen molar-refractivity contribution in [1.29, 1.82) is 0 Å². The lowest BCUT2D eigenvalue weighted by Crippen LogP contribution is -2.47. The maximum Gasteiger partial charge on any atom is 0.341 e. The van der Waals surface area contributed by atoms with E-state index in [0.717, 1.165) is 68.6 Å². The minimum absolute atomic E-state index is 0.195. The molecule has 0 saturated carbocycles. The van der Waals surface area contributed by atoms with E-state index < -0.39 is 0 Å². The second-order valence-electron chi connectivity index (χ2n) is 8.77. The fourth-order valence-corrected chi connectivity index (χ4v) is 4.78. The smallest absolute Gasteiger partial charge is 0.341 e. The molecule has 8 heteroatoms. The zero-order valence-electron chi connectivity index (χ0n) is 20.6. The Morgan fingerprint density at radius 3 is 2.22 bits per heavy atom. The van der Waals surface area contributed by atoms with E-state index >= 15 is 0 Å². The average molecular weight is 489 g/mol. The van der Waals surface area contributed by atoms with Gasteiger partial charge in [0.25, 0.3) is 0 Å². The van der Waals surface area contributed by atoms with E-state index in [1.165, 1.54) is 0 Å². The summed E-state index contributed by atoms with van der Waals surface area (Å²) in [5.41, 5.74) is 2.64. The Kier molecular flexibility index (Phi) is 7.52. The molecule has 2 aliphatic rings. The van der Waals surface area contributed by atoms with Crippen LogP contribution >= 0.6 is 0 Å². The van der Waals surface area contributed by atoms with E-state index in [9.17, 15) is 4.79 Å². The number of aromatic nitrogens is 1.